The second-order valence-electron chi connectivity index (χ2n) is 6.52. The number of hydrogen-bond acceptors (Lipinski definition) is 4. The maximum atomic E-state index is 12.6. The summed E-state index contributed by atoms with van der Waals surface area (Å²) in [5.74, 6) is 0.00833. The first-order chi connectivity index (χ1) is 12.5. The average Bonchev–Trinajstić information content (AvgIpc) is 3.15. The van der Waals surface area contributed by atoms with E-state index in [9.17, 15) is 4.79 Å². The summed E-state index contributed by atoms with van der Waals surface area (Å²) in [4.78, 5) is 16.4. The minimum absolute atomic E-state index is 0.00833. The number of carbonyl (C=O) groups excluding carboxylic acids is 1. The van der Waals surface area contributed by atoms with Crippen LogP contribution in [-0.2, 0) is 13.1 Å². The Bertz CT molecular complexity index is 839. The highest BCUT2D eigenvalue weighted by Crippen LogP contribution is 2.15. The summed E-state index contributed by atoms with van der Waals surface area (Å²) in [6, 6.07) is 15.9. The van der Waals surface area contributed by atoms with E-state index in [4.69, 9.17) is 0 Å². The van der Waals surface area contributed by atoms with Crippen LogP contribution in [0.15, 0.2) is 60.9 Å². The predicted octanol–water partition coefficient (Wildman–Crippen LogP) is 2.66. The summed E-state index contributed by atoms with van der Waals surface area (Å²) in [6.45, 7) is 1.22. The van der Waals surface area contributed by atoms with Gasteiger partial charge in [0.25, 0.3) is 5.91 Å². The van der Waals surface area contributed by atoms with Gasteiger partial charge in [0.15, 0.2) is 0 Å². The van der Waals surface area contributed by atoms with Crippen molar-refractivity contribution in [2.45, 2.75) is 13.1 Å². The molecule has 0 bridgehead atoms. The minimum Gasteiger partial charge on any atom is -0.378 e. The van der Waals surface area contributed by atoms with Crippen LogP contribution in [0.5, 0.6) is 0 Å². The van der Waals surface area contributed by atoms with Gasteiger partial charge in [-0.3, -0.25) is 4.79 Å². The third-order valence-electron chi connectivity index (χ3n) is 4.24. The Morgan fingerprint density at radius 2 is 1.62 bits per heavy atom. The number of benzene rings is 2. The van der Waals surface area contributed by atoms with E-state index in [1.165, 1.54) is 0 Å². The fraction of sp³-hybridized carbons (Fsp3) is 0.250. The largest absolute Gasteiger partial charge is 0.378 e. The van der Waals surface area contributed by atoms with Gasteiger partial charge in [-0.2, -0.15) is 0 Å². The summed E-state index contributed by atoms with van der Waals surface area (Å²) in [5.41, 5.74) is 4.01. The van der Waals surface area contributed by atoms with Crippen molar-refractivity contribution in [3.63, 3.8) is 0 Å². The SMILES string of the molecule is CN(Cc1ccc(N(C)C)cc1)C(=O)c1ccc(Cn2ccnn2)cc1. The predicted molar refractivity (Wildman–Crippen MR) is 102 cm³/mol. The van der Waals surface area contributed by atoms with Crippen LogP contribution >= 0.6 is 0 Å². The second-order valence-corrected chi connectivity index (χ2v) is 6.52. The number of rotatable bonds is 6. The molecule has 0 aliphatic rings. The number of aromatic nitrogens is 3. The standard InChI is InChI=1S/C20H23N5O/c1-23(2)19-10-6-16(7-11-19)14-24(3)20(26)18-8-4-17(5-9-18)15-25-13-12-21-22-25/h4-13H,14-15H2,1-3H3. The third kappa shape index (κ3) is 4.27. The molecular formula is C20H23N5O. The number of carbonyl (C=O) groups is 1. The van der Waals surface area contributed by atoms with E-state index >= 15 is 0 Å². The molecule has 1 amide bonds. The fourth-order valence-electron chi connectivity index (χ4n) is 2.72. The van der Waals surface area contributed by atoms with E-state index in [-0.39, 0.29) is 5.91 Å². The molecule has 6 heteroatoms. The number of nitrogens with zero attached hydrogens (tertiary/aromatic N) is 5. The summed E-state index contributed by atoms with van der Waals surface area (Å²) in [7, 11) is 5.85. The second kappa shape index (κ2) is 7.82. The van der Waals surface area contributed by atoms with Crippen LogP contribution < -0.4 is 4.90 Å². The zero-order chi connectivity index (χ0) is 18.5. The van der Waals surface area contributed by atoms with E-state index in [1.54, 1.807) is 15.8 Å². The van der Waals surface area contributed by atoms with Crippen molar-refractivity contribution in [2.24, 2.45) is 0 Å². The Labute approximate surface area is 153 Å². The maximum Gasteiger partial charge on any atom is 0.253 e. The molecule has 1 heterocycles. The summed E-state index contributed by atoms with van der Waals surface area (Å²) < 4.78 is 1.75. The van der Waals surface area contributed by atoms with Crippen molar-refractivity contribution >= 4 is 11.6 Å². The van der Waals surface area contributed by atoms with E-state index in [1.807, 2.05) is 51.6 Å². The topological polar surface area (TPSA) is 54.3 Å². The molecule has 3 rings (SSSR count). The maximum absolute atomic E-state index is 12.6. The molecule has 3 aromatic rings. The van der Waals surface area contributed by atoms with Crippen molar-refractivity contribution in [3.05, 3.63) is 77.6 Å². The van der Waals surface area contributed by atoms with Crippen molar-refractivity contribution in [3.8, 4) is 0 Å². The summed E-state index contributed by atoms with van der Waals surface area (Å²) >= 11 is 0. The molecule has 0 aliphatic heterocycles. The Kier molecular flexibility index (Phi) is 5.31. The molecule has 0 fully saturated rings. The van der Waals surface area contributed by atoms with Crippen LogP contribution in [0.1, 0.15) is 21.5 Å². The van der Waals surface area contributed by atoms with Gasteiger partial charge in [-0.15, -0.1) is 5.10 Å². The molecule has 1 aromatic heterocycles. The lowest BCUT2D eigenvalue weighted by Gasteiger charge is -2.18. The van der Waals surface area contributed by atoms with Crippen LogP contribution in [0, 0.1) is 0 Å². The molecule has 134 valence electrons. The molecule has 2 aromatic carbocycles. The minimum atomic E-state index is 0.00833. The van der Waals surface area contributed by atoms with Crippen molar-refractivity contribution < 1.29 is 4.79 Å². The van der Waals surface area contributed by atoms with E-state index in [2.05, 4.69) is 39.5 Å². The highest BCUT2D eigenvalue weighted by Gasteiger charge is 2.12. The lowest BCUT2D eigenvalue weighted by Crippen LogP contribution is -2.26. The van der Waals surface area contributed by atoms with Crippen LogP contribution in [0.25, 0.3) is 0 Å². The molecular weight excluding hydrogens is 326 g/mol. The van der Waals surface area contributed by atoms with Crippen LogP contribution in [0.3, 0.4) is 0 Å². The Hall–Kier alpha value is -3.15. The van der Waals surface area contributed by atoms with E-state index in [0.717, 1.165) is 16.8 Å². The van der Waals surface area contributed by atoms with Gasteiger partial charge >= 0.3 is 0 Å². The smallest absolute Gasteiger partial charge is 0.253 e. The summed E-state index contributed by atoms with van der Waals surface area (Å²) in [5, 5.41) is 7.74. The Morgan fingerprint density at radius 1 is 0.962 bits per heavy atom. The fourth-order valence-corrected chi connectivity index (χ4v) is 2.72. The lowest BCUT2D eigenvalue weighted by atomic mass is 10.1. The van der Waals surface area contributed by atoms with Gasteiger partial charge in [0, 0.05) is 45.1 Å². The first-order valence-corrected chi connectivity index (χ1v) is 8.48. The van der Waals surface area contributed by atoms with Gasteiger partial charge in [0.2, 0.25) is 0 Å². The van der Waals surface area contributed by atoms with Crippen LogP contribution in [0.2, 0.25) is 0 Å². The van der Waals surface area contributed by atoms with Gasteiger partial charge in [0.05, 0.1) is 12.7 Å². The monoisotopic (exact) mass is 349 g/mol. The van der Waals surface area contributed by atoms with Gasteiger partial charge in [-0.25, -0.2) is 4.68 Å². The molecule has 0 atom stereocenters. The van der Waals surface area contributed by atoms with Crippen molar-refractivity contribution in [1.29, 1.82) is 0 Å². The molecule has 0 saturated heterocycles. The molecule has 0 radical (unpaired) electrons. The summed E-state index contributed by atoms with van der Waals surface area (Å²) in [6.07, 6.45) is 3.46. The zero-order valence-corrected chi connectivity index (χ0v) is 15.3. The van der Waals surface area contributed by atoms with Crippen LogP contribution in [-0.4, -0.2) is 46.9 Å². The van der Waals surface area contributed by atoms with Gasteiger partial charge in [-0.1, -0.05) is 29.5 Å². The van der Waals surface area contributed by atoms with Gasteiger partial charge < -0.3 is 9.80 Å². The highest BCUT2D eigenvalue weighted by molar-refractivity contribution is 5.94. The first-order valence-electron chi connectivity index (χ1n) is 8.48. The Morgan fingerprint density at radius 3 is 2.19 bits per heavy atom. The molecule has 0 N–H and O–H groups in total. The molecule has 0 unspecified atom stereocenters. The van der Waals surface area contributed by atoms with Gasteiger partial charge in [-0.05, 0) is 35.4 Å². The lowest BCUT2D eigenvalue weighted by molar-refractivity contribution is 0.0785. The van der Waals surface area contributed by atoms with E-state index < -0.39 is 0 Å². The molecule has 0 spiro atoms. The molecule has 6 nitrogen and oxygen atoms in total. The number of anilines is 1. The van der Waals surface area contributed by atoms with E-state index in [0.29, 0.717) is 18.7 Å². The third-order valence-corrected chi connectivity index (χ3v) is 4.24. The molecule has 0 aliphatic carbocycles. The normalized spacial score (nSPS) is 10.6. The molecule has 0 saturated carbocycles. The highest BCUT2D eigenvalue weighted by atomic mass is 16.2. The quantitative estimate of drug-likeness (QED) is 0.687. The van der Waals surface area contributed by atoms with Crippen LogP contribution in [0.4, 0.5) is 5.69 Å². The number of hydrogen-bond donors (Lipinski definition) is 0. The van der Waals surface area contributed by atoms with Gasteiger partial charge in [0.1, 0.15) is 0 Å². The van der Waals surface area contributed by atoms with Crippen molar-refractivity contribution in [2.75, 3.05) is 26.0 Å². The Balaban J connectivity index is 1.62. The zero-order valence-electron chi connectivity index (χ0n) is 15.3. The number of amides is 1. The average molecular weight is 349 g/mol. The first kappa shape index (κ1) is 17.7. The van der Waals surface area contributed by atoms with Crippen molar-refractivity contribution in [1.82, 2.24) is 19.9 Å². The molecule has 26 heavy (non-hydrogen) atoms.